The normalized spacial score (nSPS) is 18.8. The van der Waals surface area contributed by atoms with Gasteiger partial charge in [-0.15, -0.1) is 0 Å². The molecule has 0 radical (unpaired) electrons. The van der Waals surface area contributed by atoms with Crippen LogP contribution >= 0.6 is 0 Å². The molecule has 7 nitrogen and oxygen atoms in total. The predicted molar refractivity (Wildman–Crippen MR) is 92.1 cm³/mol. The zero-order valence-corrected chi connectivity index (χ0v) is 14.4. The van der Waals surface area contributed by atoms with Crippen LogP contribution in [0.1, 0.15) is 12.8 Å². The van der Waals surface area contributed by atoms with Crippen molar-refractivity contribution < 1.29 is 19.4 Å². The van der Waals surface area contributed by atoms with Crippen molar-refractivity contribution in [2.24, 2.45) is 11.3 Å². The molecule has 2 aromatic rings. The van der Waals surface area contributed by atoms with Crippen molar-refractivity contribution in [3.63, 3.8) is 0 Å². The number of rotatable bonds is 5. The van der Waals surface area contributed by atoms with E-state index in [0.717, 1.165) is 42.7 Å². The Bertz CT molecular complexity index is 824. The van der Waals surface area contributed by atoms with Gasteiger partial charge in [-0.25, -0.2) is 9.97 Å². The molecular formula is C18H21N3O4. The second kappa shape index (κ2) is 5.84. The van der Waals surface area contributed by atoms with E-state index in [1.54, 1.807) is 20.5 Å². The van der Waals surface area contributed by atoms with E-state index in [9.17, 15) is 4.79 Å². The summed E-state index contributed by atoms with van der Waals surface area (Å²) in [4.78, 5) is 22.6. The molecule has 2 heterocycles. The van der Waals surface area contributed by atoms with Gasteiger partial charge in [0.25, 0.3) is 0 Å². The van der Waals surface area contributed by atoms with Crippen molar-refractivity contribution in [1.82, 2.24) is 9.97 Å². The number of nitrogens with zero attached hydrogens (tertiary/aromatic N) is 3. The van der Waals surface area contributed by atoms with Gasteiger partial charge in [-0.3, -0.25) is 4.79 Å². The maximum Gasteiger partial charge on any atom is 0.162 e. The average molecular weight is 343 g/mol. The van der Waals surface area contributed by atoms with Gasteiger partial charge in [-0.05, 0) is 18.9 Å². The van der Waals surface area contributed by atoms with Crippen LogP contribution in [0.4, 0.5) is 5.82 Å². The molecule has 1 saturated carbocycles. The van der Waals surface area contributed by atoms with Gasteiger partial charge in [0.15, 0.2) is 17.3 Å². The molecule has 1 saturated heterocycles. The second-order valence-corrected chi connectivity index (χ2v) is 7.01. The molecule has 4 rings (SSSR count). The van der Waals surface area contributed by atoms with E-state index in [0.29, 0.717) is 11.5 Å². The third-order valence-corrected chi connectivity index (χ3v) is 5.44. The SMILES string of the molecule is COc1cc2ncnc(N3CC4(CC(C(=O)CO)C4)C3)c2cc1OC. The lowest BCUT2D eigenvalue weighted by molar-refractivity contribution is -0.134. The van der Waals surface area contributed by atoms with Gasteiger partial charge in [0.1, 0.15) is 18.8 Å². The van der Waals surface area contributed by atoms with Gasteiger partial charge in [-0.1, -0.05) is 0 Å². The van der Waals surface area contributed by atoms with Crippen LogP contribution < -0.4 is 14.4 Å². The number of hydrogen-bond acceptors (Lipinski definition) is 7. The van der Waals surface area contributed by atoms with Crippen LogP contribution in [-0.2, 0) is 4.79 Å². The maximum atomic E-state index is 11.6. The van der Waals surface area contributed by atoms with E-state index in [1.165, 1.54) is 0 Å². The number of hydrogen-bond donors (Lipinski definition) is 1. The molecule has 1 aliphatic carbocycles. The molecule has 0 atom stereocenters. The molecule has 1 aromatic carbocycles. The van der Waals surface area contributed by atoms with Crippen molar-refractivity contribution in [2.75, 3.05) is 38.8 Å². The zero-order valence-electron chi connectivity index (χ0n) is 14.4. The van der Waals surface area contributed by atoms with E-state index < -0.39 is 0 Å². The predicted octanol–water partition coefficient (Wildman–Crippen LogP) is 1.42. The fraction of sp³-hybridized carbons (Fsp3) is 0.500. The number of carbonyl (C=O) groups is 1. The van der Waals surface area contributed by atoms with Gasteiger partial charge in [-0.2, -0.15) is 0 Å². The molecule has 0 bridgehead atoms. The van der Waals surface area contributed by atoms with Crippen LogP contribution in [0, 0.1) is 11.3 Å². The summed E-state index contributed by atoms with van der Waals surface area (Å²) in [5.74, 6) is 2.17. The lowest BCUT2D eigenvalue weighted by Gasteiger charge is -2.59. The molecule has 1 aromatic heterocycles. The Balaban J connectivity index is 1.56. The van der Waals surface area contributed by atoms with Gasteiger partial charge in [0.05, 0.1) is 19.7 Å². The van der Waals surface area contributed by atoms with Gasteiger partial charge >= 0.3 is 0 Å². The number of ether oxygens (including phenoxy) is 2. The molecule has 0 amide bonds. The Kier molecular flexibility index (Phi) is 3.76. The van der Waals surface area contributed by atoms with E-state index in [2.05, 4.69) is 14.9 Å². The largest absolute Gasteiger partial charge is 0.493 e. The molecule has 0 unspecified atom stereocenters. The summed E-state index contributed by atoms with van der Waals surface area (Å²) in [7, 11) is 3.21. The van der Waals surface area contributed by atoms with E-state index >= 15 is 0 Å². The lowest BCUT2D eigenvalue weighted by atomic mass is 9.56. The van der Waals surface area contributed by atoms with Gasteiger partial charge in [0, 0.05) is 35.9 Å². The number of methoxy groups -OCH3 is 2. The molecule has 1 aliphatic heterocycles. The summed E-state index contributed by atoms with van der Waals surface area (Å²) in [6, 6.07) is 3.77. The van der Waals surface area contributed by atoms with E-state index in [4.69, 9.17) is 14.6 Å². The van der Waals surface area contributed by atoms with E-state index in [1.807, 2.05) is 12.1 Å². The summed E-state index contributed by atoms with van der Waals surface area (Å²) in [5, 5.41) is 9.90. The van der Waals surface area contributed by atoms with Crippen molar-refractivity contribution >= 4 is 22.5 Å². The number of aliphatic hydroxyl groups excluding tert-OH is 1. The lowest BCUT2D eigenvalue weighted by Crippen LogP contribution is -2.63. The number of Topliss-reactive ketones (excluding diaryl/α,β-unsaturated/α-hetero) is 1. The Hall–Kier alpha value is -2.41. The molecule has 2 aliphatic rings. The second-order valence-electron chi connectivity index (χ2n) is 7.01. The van der Waals surface area contributed by atoms with Crippen molar-refractivity contribution in [1.29, 1.82) is 0 Å². The molecule has 1 spiro atoms. The molecule has 1 N–H and O–H groups in total. The summed E-state index contributed by atoms with van der Waals surface area (Å²) in [6.45, 7) is 1.41. The average Bonchev–Trinajstić information content (AvgIpc) is 2.57. The van der Waals surface area contributed by atoms with Gasteiger partial charge in [0.2, 0.25) is 0 Å². The molecule has 25 heavy (non-hydrogen) atoms. The summed E-state index contributed by atoms with van der Waals surface area (Å²) in [5.41, 5.74) is 1.01. The highest BCUT2D eigenvalue weighted by Gasteiger charge is 2.54. The quantitative estimate of drug-likeness (QED) is 0.879. The highest BCUT2D eigenvalue weighted by Crippen LogP contribution is 2.53. The van der Waals surface area contributed by atoms with Gasteiger partial charge < -0.3 is 19.5 Å². The first-order valence-electron chi connectivity index (χ1n) is 8.34. The first kappa shape index (κ1) is 16.1. The van der Waals surface area contributed by atoms with Crippen molar-refractivity contribution in [3.8, 4) is 11.5 Å². The third kappa shape index (κ3) is 2.50. The molecule has 132 valence electrons. The Morgan fingerprint density at radius 1 is 1.24 bits per heavy atom. The Labute approximate surface area is 145 Å². The smallest absolute Gasteiger partial charge is 0.162 e. The Morgan fingerprint density at radius 3 is 2.56 bits per heavy atom. The number of carbonyl (C=O) groups excluding carboxylic acids is 1. The fourth-order valence-electron chi connectivity index (χ4n) is 4.14. The van der Waals surface area contributed by atoms with Crippen LogP contribution in [0.3, 0.4) is 0 Å². The highest BCUT2D eigenvalue weighted by molar-refractivity contribution is 5.92. The highest BCUT2D eigenvalue weighted by atomic mass is 16.5. The van der Waals surface area contributed by atoms with Crippen LogP contribution in [0.5, 0.6) is 11.5 Å². The molecular weight excluding hydrogens is 322 g/mol. The minimum Gasteiger partial charge on any atom is -0.493 e. The van der Waals surface area contributed by atoms with Crippen LogP contribution in [0.15, 0.2) is 18.5 Å². The maximum absolute atomic E-state index is 11.6. The summed E-state index contributed by atoms with van der Waals surface area (Å²) >= 11 is 0. The molecule has 2 fully saturated rings. The van der Waals surface area contributed by atoms with Crippen molar-refractivity contribution in [3.05, 3.63) is 18.5 Å². The summed E-state index contributed by atoms with van der Waals surface area (Å²) in [6.07, 6.45) is 3.29. The third-order valence-electron chi connectivity index (χ3n) is 5.44. The number of ketones is 1. The van der Waals surface area contributed by atoms with E-state index in [-0.39, 0.29) is 23.7 Å². The fourth-order valence-corrected chi connectivity index (χ4v) is 4.14. The number of aromatic nitrogens is 2. The standard InChI is InChI=1S/C18H21N3O4/c1-24-15-3-12-13(4-16(15)25-2)19-10-20-17(12)21-8-18(9-21)5-11(6-18)14(23)7-22/h3-4,10-11,22H,5-9H2,1-2H3. The Morgan fingerprint density at radius 2 is 1.92 bits per heavy atom. The van der Waals surface area contributed by atoms with Crippen LogP contribution in [0.25, 0.3) is 10.9 Å². The number of anilines is 1. The number of aliphatic hydroxyl groups is 1. The minimum atomic E-state index is -0.345. The van der Waals surface area contributed by atoms with Crippen LogP contribution in [-0.4, -0.2) is 54.8 Å². The first-order valence-corrected chi connectivity index (χ1v) is 8.34. The minimum absolute atomic E-state index is 0.0265. The number of fused-ring (bicyclic) bond motifs is 1. The zero-order chi connectivity index (χ0) is 17.6. The van der Waals surface area contributed by atoms with Crippen LogP contribution in [0.2, 0.25) is 0 Å². The van der Waals surface area contributed by atoms with Crippen molar-refractivity contribution in [2.45, 2.75) is 12.8 Å². The monoisotopic (exact) mass is 343 g/mol. The first-order chi connectivity index (χ1) is 12.1. The topological polar surface area (TPSA) is 84.8 Å². The molecule has 7 heteroatoms. The summed E-state index contributed by atoms with van der Waals surface area (Å²) < 4.78 is 10.7. The number of benzene rings is 1.